The minimum atomic E-state index is -0.837. The number of benzene rings is 2. The molecule has 3 amide bonds. The van der Waals surface area contributed by atoms with Crippen LogP contribution >= 0.6 is 0 Å². The Balaban J connectivity index is 1.33. The molecule has 2 heterocycles. The molecule has 6 nitrogen and oxygen atoms in total. The van der Waals surface area contributed by atoms with Crippen molar-refractivity contribution in [2.45, 2.75) is 31.8 Å². The number of carboxylic acid groups (broad SMARTS) is 1. The lowest BCUT2D eigenvalue weighted by Gasteiger charge is -2.30. The number of piperidine rings is 1. The van der Waals surface area contributed by atoms with Crippen LogP contribution in [-0.4, -0.2) is 40.1 Å². The van der Waals surface area contributed by atoms with Crippen LogP contribution in [0.5, 0.6) is 0 Å². The molecule has 0 bridgehead atoms. The minimum absolute atomic E-state index is 0.0892. The lowest BCUT2D eigenvalue weighted by molar-refractivity contribution is 0.132. The predicted octanol–water partition coefficient (Wildman–Crippen LogP) is 4.09. The summed E-state index contributed by atoms with van der Waals surface area (Å²) in [5.41, 5.74) is 4.39. The summed E-state index contributed by atoms with van der Waals surface area (Å²) in [5.74, 6) is 0.374. The maximum atomic E-state index is 12.5. The highest BCUT2D eigenvalue weighted by Crippen LogP contribution is 2.29. The van der Waals surface area contributed by atoms with E-state index in [9.17, 15) is 9.59 Å². The number of urea groups is 1. The first-order valence-electron chi connectivity index (χ1n) is 9.30. The maximum Gasteiger partial charge on any atom is 0.407 e. The Kier molecular flexibility index (Phi) is 4.71. The van der Waals surface area contributed by atoms with Gasteiger partial charge in [-0.05, 0) is 47.6 Å². The van der Waals surface area contributed by atoms with E-state index in [0.717, 1.165) is 18.5 Å². The second-order valence-corrected chi connectivity index (χ2v) is 7.22. The molecule has 2 aromatic rings. The van der Waals surface area contributed by atoms with Gasteiger partial charge in [0.05, 0.1) is 0 Å². The summed E-state index contributed by atoms with van der Waals surface area (Å²) >= 11 is 0. The molecule has 2 N–H and O–H groups in total. The van der Waals surface area contributed by atoms with Crippen molar-refractivity contribution < 1.29 is 14.7 Å². The minimum Gasteiger partial charge on any atom is -0.465 e. The normalized spacial score (nSPS) is 16.9. The molecule has 0 atom stereocenters. The van der Waals surface area contributed by atoms with Gasteiger partial charge in [-0.2, -0.15) is 0 Å². The van der Waals surface area contributed by atoms with Gasteiger partial charge in [0.15, 0.2) is 0 Å². The SMILES string of the molecule is O=C(O)N1CCC(c2ccc(NC(=O)N3Cc4ccccc4C3)cc2)CC1. The van der Waals surface area contributed by atoms with Gasteiger partial charge in [0.25, 0.3) is 0 Å². The molecular formula is C21H23N3O3. The van der Waals surface area contributed by atoms with Crippen LogP contribution in [0.4, 0.5) is 15.3 Å². The molecular weight excluding hydrogens is 342 g/mol. The van der Waals surface area contributed by atoms with Gasteiger partial charge < -0.3 is 20.2 Å². The number of likely N-dealkylation sites (tertiary alicyclic amines) is 1. The van der Waals surface area contributed by atoms with Crippen molar-refractivity contribution in [1.82, 2.24) is 9.80 Å². The summed E-state index contributed by atoms with van der Waals surface area (Å²) in [5, 5.41) is 12.0. The Bertz CT molecular complexity index is 817. The molecule has 1 fully saturated rings. The highest BCUT2D eigenvalue weighted by molar-refractivity contribution is 5.89. The van der Waals surface area contributed by atoms with Gasteiger partial charge in [-0.3, -0.25) is 0 Å². The Labute approximate surface area is 158 Å². The van der Waals surface area contributed by atoms with Crippen LogP contribution in [0.25, 0.3) is 0 Å². The van der Waals surface area contributed by atoms with Gasteiger partial charge in [0.2, 0.25) is 0 Å². The number of hydrogen-bond donors (Lipinski definition) is 2. The van der Waals surface area contributed by atoms with E-state index in [2.05, 4.69) is 17.4 Å². The topological polar surface area (TPSA) is 72.9 Å². The van der Waals surface area contributed by atoms with Crippen molar-refractivity contribution in [3.05, 3.63) is 65.2 Å². The maximum absolute atomic E-state index is 12.5. The van der Waals surface area contributed by atoms with E-state index in [4.69, 9.17) is 5.11 Å². The molecule has 2 aromatic carbocycles. The molecule has 2 aliphatic rings. The molecule has 0 saturated carbocycles. The number of carbonyl (C=O) groups is 2. The van der Waals surface area contributed by atoms with Crippen LogP contribution in [0.15, 0.2) is 48.5 Å². The van der Waals surface area contributed by atoms with Gasteiger partial charge in [-0.25, -0.2) is 9.59 Å². The third-order valence-electron chi connectivity index (χ3n) is 5.53. The highest BCUT2D eigenvalue weighted by atomic mass is 16.4. The summed E-state index contributed by atoms with van der Waals surface area (Å²) in [7, 11) is 0. The van der Waals surface area contributed by atoms with Gasteiger partial charge in [0, 0.05) is 31.9 Å². The zero-order chi connectivity index (χ0) is 18.8. The molecule has 140 valence electrons. The Morgan fingerprint density at radius 1 is 0.889 bits per heavy atom. The first-order valence-corrected chi connectivity index (χ1v) is 9.30. The summed E-state index contributed by atoms with van der Waals surface area (Å²) in [4.78, 5) is 26.8. The van der Waals surface area contributed by atoms with Crippen LogP contribution < -0.4 is 5.32 Å². The summed E-state index contributed by atoms with van der Waals surface area (Å²) in [6.07, 6.45) is 0.837. The second kappa shape index (κ2) is 7.31. The number of fused-ring (bicyclic) bond motifs is 1. The van der Waals surface area contributed by atoms with E-state index in [1.165, 1.54) is 21.6 Å². The smallest absolute Gasteiger partial charge is 0.407 e. The quantitative estimate of drug-likeness (QED) is 0.842. The molecule has 0 aliphatic carbocycles. The third kappa shape index (κ3) is 3.74. The van der Waals surface area contributed by atoms with Gasteiger partial charge in [-0.1, -0.05) is 36.4 Å². The third-order valence-corrected chi connectivity index (χ3v) is 5.53. The number of rotatable bonds is 2. The van der Waals surface area contributed by atoms with Crippen molar-refractivity contribution in [3.63, 3.8) is 0 Å². The monoisotopic (exact) mass is 365 g/mol. The number of nitrogens with one attached hydrogen (secondary N) is 1. The average molecular weight is 365 g/mol. The van der Waals surface area contributed by atoms with Crippen molar-refractivity contribution in [1.29, 1.82) is 0 Å². The molecule has 1 saturated heterocycles. The molecule has 0 unspecified atom stereocenters. The standard InChI is InChI=1S/C21H23N3O3/c25-20(24-13-17-3-1-2-4-18(17)14-24)22-19-7-5-15(6-8-19)16-9-11-23(12-10-16)21(26)27/h1-8,16H,9-14H2,(H,22,25)(H,26,27). The Morgan fingerprint density at radius 3 is 2.04 bits per heavy atom. The molecule has 6 heteroatoms. The van der Waals surface area contributed by atoms with E-state index in [1.807, 2.05) is 36.4 Å². The van der Waals surface area contributed by atoms with Crippen LogP contribution in [0, 0.1) is 0 Å². The number of nitrogens with zero attached hydrogens (tertiary/aromatic N) is 2. The number of carbonyl (C=O) groups excluding carboxylic acids is 1. The Hall–Kier alpha value is -3.02. The first kappa shape index (κ1) is 17.4. The molecule has 2 aliphatic heterocycles. The first-order chi connectivity index (χ1) is 13.1. The van der Waals surface area contributed by atoms with Crippen molar-refractivity contribution in [3.8, 4) is 0 Å². The fraction of sp³-hybridized carbons (Fsp3) is 0.333. The van der Waals surface area contributed by atoms with Crippen LogP contribution in [0.3, 0.4) is 0 Å². The lowest BCUT2D eigenvalue weighted by atomic mass is 9.89. The van der Waals surface area contributed by atoms with Gasteiger partial charge in [0.1, 0.15) is 0 Å². The summed E-state index contributed by atoms with van der Waals surface area (Å²) in [6.45, 7) is 2.44. The molecule has 0 spiro atoms. The van der Waals surface area contributed by atoms with E-state index in [1.54, 1.807) is 4.90 Å². The fourth-order valence-electron chi connectivity index (χ4n) is 3.92. The number of amides is 3. The van der Waals surface area contributed by atoms with E-state index < -0.39 is 6.09 Å². The zero-order valence-corrected chi connectivity index (χ0v) is 15.1. The average Bonchev–Trinajstić information content (AvgIpc) is 3.13. The molecule has 0 aromatic heterocycles. The van der Waals surface area contributed by atoms with Gasteiger partial charge in [-0.15, -0.1) is 0 Å². The van der Waals surface area contributed by atoms with Gasteiger partial charge >= 0.3 is 12.1 Å². The van der Waals surface area contributed by atoms with E-state index in [0.29, 0.717) is 32.1 Å². The van der Waals surface area contributed by atoms with Crippen molar-refractivity contribution in [2.24, 2.45) is 0 Å². The predicted molar refractivity (Wildman–Crippen MR) is 103 cm³/mol. The summed E-state index contributed by atoms with van der Waals surface area (Å²) in [6, 6.07) is 16.0. The lowest BCUT2D eigenvalue weighted by Crippen LogP contribution is -2.36. The van der Waals surface area contributed by atoms with Crippen LogP contribution in [0.1, 0.15) is 35.4 Å². The Morgan fingerprint density at radius 2 is 1.48 bits per heavy atom. The largest absolute Gasteiger partial charge is 0.465 e. The van der Waals surface area contributed by atoms with Crippen LogP contribution in [0.2, 0.25) is 0 Å². The van der Waals surface area contributed by atoms with E-state index >= 15 is 0 Å². The molecule has 0 radical (unpaired) electrons. The fourth-order valence-corrected chi connectivity index (χ4v) is 3.92. The second-order valence-electron chi connectivity index (χ2n) is 7.22. The highest BCUT2D eigenvalue weighted by Gasteiger charge is 2.24. The number of anilines is 1. The number of hydrogen-bond acceptors (Lipinski definition) is 2. The van der Waals surface area contributed by atoms with Crippen molar-refractivity contribution in [2.75, 3.05) is 18.4 Å². The van der Waals surface area contributed by atoms with Crippen molar-refractivity contribution >= 4 is 17.8 Å². The summed E-state index contributed by atoms with van der Waals surface area (Å²) < 4.78 is 0. The van der Waals surface area contributed by atoms with E-state index in [-0.39, 0.29) is 6.03 Å². The zero-order valence-electron chi connectivity index (χ0n) is 15.1. The molecule has 27 heavy (non-hydrogen) atoms. The molecule has 4 rings (SSSR count). The van der Waals surface area contributed by atoms with Crippen LogP contribution in [-0.2, 0) is 13.1 Å².